The highest BCUT2D eigenvalue weighted by molar-refractivity contribution is 6.41. The summed E-state index contributed by atoms with van der Waals surface area (Å²) in [6, 6.07) is 15.0. The Balaban J connectivity index is 0.000000330. The number of hydrazone groups is 1. The molecule has 1 aliphatic heterocycles. The van der Waals surface area contributed by atoms with Crippen molar-refractivity contribution in [2.24, 2.45) is 11.0 Å². The van der Waals surface area contributed by atoms with Gasteiger partial charge < -0.3 is 5.32 Å². The fourth-order valence-corrected chi connectivity index (χ4v) is 4.48. The number of carbonyl (C=O) groups excluding carboxylic acids is 1. The number of nitrogens with one attached hydrogen (secondary N) is 1. The Morgan fingerprint density at radius 3 is 2.23 bits per heavy atom. The fourth-order valence-electron chi connectivity index (χ4n) is 3.83. The van der Waals surface area contributed by atoms with E-state index in [1.807, 2.05) is 43.3 Å². The van der Waals surface area contributed by atoms with E-state index in [-0.39, 0.29) is 17.9 Å². The van der Waals surface area contributed by atoms with Crippen LogP contribution in [-0.2, 0) is 4.79 Å². The Morgan fingerprint density at radius 1 is 0.968 bits per heavy atom. The number of nitrogens with zero attached hydrogens (tertiary/aromatic N) is 2. The second kappa shape index (κ2) is 11.8. The van der Waals surface area contributed by atoms with Crippen LogP contribution < -0.4 is 10.3 Å². The normalized spacial score (nSPS) is 19.2. The SMILES string of the molecule is C[C@H]1CN(c2ccc(Cl)cc2Cl)N=C1C(=O)NC1CCCCCC1.Clc1ccccc1. The molecule has 0 saturated heterocycles. The van der Waals surface area contributed by atoms with Crippen LogP contribution in [0, 0.1) is 5.92 Å². The highest BCUT2D eigenvalue weighted by Crippen LogP contribution is 2.32. The number of anilines is 1. The van der Waals surface area contributed by atoms with E-state index >= 15 is 0 Å². The first-order valence-electron chi connectivity index (χ1n) is 10.8. The van der Waals surface area contributed by atoms with Crippen LogP contribution in [0.1, 0.15) is 45.4 Å². The summed E-state index contributed by atoms with van der Waals surface area (Å²) in [5.41, 5.74) is 1.37. The van der Waals surface area contributed by atoms with Gasteiger partial charge in [-0.15, -0.1) is 0 Å². The van der Waals surface area contributed by atoms with Gasteiger partial charge in [-0.2, -0.15) is 5.10 Å². The van der Waals surface area contributed by atoms with Crippen LogP contribution >= 0.6 is 34.8 Å². The molecule has 1 fully saturated rings. The van der Waals surface area contributed by atoms with Gasteiger partial charge in [0.1, 0.15) is 5.71 Å². The Bertz CT molecular complexity index is 896. The van der Waals surface area contributed by atoms with E-state index in [2.05, 4.69) is 10.4 Å². The molecule has 1 amide bonds. The molecule has 0 spiro atoms. The van der Waals surface area contributed by atoms with E-state index in [4.69, 9.17) is 34.8 Å². The van der Waals surface area contributed by atoms with Crippen LogP contribution in [0.25, 0.3) is 0 Å². The van der Waals surface area contributed by atoms with Crippen molar-refractivity contribution in [3.63, 3.8) is 0 Å². The minimum absolute atomic E-state index is 0.0398. The third-order valence-electron chi connectivity index (χ3n) is 5.49. The van der Waals surface area contributed by atoms with E-state index in [1.165, 1.54) is 25.7 Å². The maximum absolute atomic E-state index is 12.6. The summed E-state index contributed by atoms with van der Waals surface area (Å²) in [7, 11) is 0. The highest BCUT2D eigenvalue weighted by atomic mass is 35.5. The second-order valence-corrected chi connectivity index (χ2v) is 9.30. The monoisotopic (exact) mass is 479 g/mol. The lowest BCUT2D eigenvalue weighted by molar-refractivity contribution is -0.115. The molecule has 0 radical (unpaired) electrons. The first-order valence-corrected chi connectivity index (χ1v) is 11.9. The standard InChI is InChI=1S/C18H23Cl2N3O.C6H5Cl/c1-12-11-23(16-9-8-13(19)10-15(16)20)22-17(12)18(24)21-14-6-4-2-3-5-7-14;7-6-4-2-1-3-5-6/h8-10,12,14H,2-7,11H2,1H3,(H,21,24);1-5H/t12-;/m0./s1. The predicted molar refractivity (Wildman–Crippen MR) is 131 cm³/mol. The summed E-state index contributed by atoms with van der Waals surface area (Å²) < 4.78 is 0. The molecule has 1 N–H and O–H groups in total. The van der Waals surface area contributed by atoms with Gasteiger partial charge >= 0.3 is 0 Å². The molecule has 0 bridgehead atoms. The summed E-state index contributed by atoms with van der Waals surface area (Å²) in [5.74, 6) is 0.0320. The lowest BCUT2D eigenvalue weighted by atomic mass is 10.0. The maximum Gasteiger partial charge on any atom is 0.268 e. The van der Waals surface area contributed by atoms with Crippen molar-refractivity contribution in [2.45, 2.75) is 51.5 Å². The maximum atomic E-state index is 12.6. The Hall–Kier alpha value is -1.75. The number of hydrogen-bond acceptors (Lipinski definition) is 3. The van der Waals surface area contributed by atoms with Crippen LogP contribution in [0.5, 0.6) is 0 Å². The molecular weight excluding hydrogens is 453 g/mol. The molecule has 1 saturated carbocycles. The number of rotatable bonds is 3. The zero-order valence-electron chi connectivity index (χ0n) is 17.7. The van der Waals surface area contributed by atoms with Crippen molar-refractivity contribution in [2.75, 3.05) is 11.6 Å². The van der Waals surface area contributed by atoms with Gasteiger partial charge in [0.2, 0.25) is 0 Å². The average Bonchev–Trinajstić information content (AvgIpc) is 2.94. The third kappa shape index (κ3) is 7.13. The van der Waals surface area contributed by atoms with Gasteiger partial charge in [-0.1, -0.05) is 85.6 Å². The van der Waals surface area contributed by atoms with Crippen LogP contribution in [0.2, 0.25) is 15.1 Å². The van der Waals surface area contributed by atoms with E-state index < -0.39 is 0 Å². The molecule has 31 heavy (non-hydrogen) atoms. The largest absolute Gasteiger partial charge is 0.348 e. The number of hydrogen-bond donors (Lipinski definition) is 1. The quantitative estimate of drug-likeness (QED) is 0.481. The summed E-state index contributed by atoms with van der Waals surface area (Å²) >= 11 is 17.8. The number of amides is 1. The molecule has 0 aromatic heterocycles. The van der Waals surface area contributed by atoms with Crippen LogP contribution in [0.4, 0.5) is 5.69 Å². The lowest BCUT2D eigenvalue weighted by Crippen LogP contribution is -2.40. The molecule has 166 valence electrons. The molecular formula is C24H28Cl3N3O. The molecule has 2 aliphatic rings. The average molecular weight is 481 g/mol. The van der Waals surface area contributed by atoms with Gasteiger partial charge in [0, 0.05) is 22.0 Å². The van der Waals surface area contributed by atoms with Crippen molar-refractivity contribution in [1.82, 2.24) is 5.32 Å². The smallest absolute Gasteiger partial charge is 0.268 e. The molecule has 2 aromatic carbocycles. The topological polar surface area (TPSA) is 44.7 Å². The Labute approximate surface area is 199 Å². The van der Waals surface area contributed by atoms with Gasteiger partial charge in [-0.25, -0.2) is 0 Å². The van der Waals surface area contributed by atoms with Crippen molar-refractivity contribution in [3.05, 3.63) is 63.6 Å². The number of halogens is 3. The molecule has 0 unspecified atom stereocenters. The minimum atomic E-state index is -0.0398. The highest BCUT2D eigenvalue weighted by Gasteiger charge is 2.30. The molecule has 1 heterocycles. The lowest BCUT2D eigenvalue weighted by Gasteiger charge is -2.16. The Morgan fingerprint density at radius 2 is 1.65 bits per heavy atom. The van der Waals surface area contributed by atoms with Crippen molar-refractivity contribution < 1.29 is 4.79 Å². The molecule has 7 heteroatoms. The second-order valence-electron chi connectivity index (χ2n) is 8.02. The van der Waals surface area contributed by atoms with E-state index in [0.717, 1.165) is 23.6 Å². The van der Waals surface area contributed by atoms with Crippen LogP contribution in [0.15, 0.2) is 53.6 Å². The molecule has 1 atom stereocenters. The van der Waals surface area contributed by atoms with Gasteiger partial charge in [0.15, 0.2) is 0 Å². The van der Waals surface area contributed by atoms with Crippen LogP contribution in [0.3, 0.4) is 0 Å². The summed E-state index contributed by atoms with van der Waals surface area (Å²) in [5, 5.41) is 11.4. The van der Waals surface area contributed by atoms with Gasteiger partial charge in [-0.3, -0.25) is 9.80 Å². The van der Waals surface area contributed by atoms with Crippen molar-refractivity contribution in [3.8, 4) is 0 Å². The van der Waals surface area contributed by atoms with E-state index in [9.17, 15) is 4.79 Å². The Kier molecular flexibility index (Phi) is 9.06. The summed E-state index contributed by atoms with van der Waals surface area (Å²) in [4.78, 5) is 12.6. The zero-order chi connectivity index (χ0) is 22.2. The molecule has 4 nitrogen and oxygen atoms in total. The van der Waals surface area contributed by atoms with Crippen molar-refractivity contribution in [1.29, 1.82) is 0 Å². The summed E-state index contributed by atoms with van der Waals surface area (Å²) in [6.07, 6.45) is 7.07. The first-order chi connectivity index (χ1) is 14.9. The van der Waals surface area contributed by atoms with Crippen LogP contribution in [-0.4, -0.2) is 24.2 Å². The van der Waals surface area contributed by atoms with Gasteiger partial charge in [0.25, 0.3) is 5.91 Å². The molecule has 2 aromatic rings. The zero-order valence-corrected chi connectivity index (χ0v) is 19.9. The van der Waals surface area contributed by atoms with E-state index in [0.29, 0.717) is 22.3 Å². The van der Waals surface area contributed by atoms with Gasteiger partial charge in [-0.05, 0) is 43.2 Å². The van der Waals surface area contributed by atoms with E-state index in [1.54, 1.807) is 17.1 Å². The summed E-state index contributed by atoms with van der Waals surface area (Å²) in [6.45, 7) is 2.67. The molecule has 1 aliphatic carbocycles. The fraction of sp³-hybridized carbons (Fsp3) is 0.417. The molecule has 4 rings (SSSR count). The van der Waals surface area contributed by atoms with Crippen molar-refractivity contribution >= 4 is 52.1 Å². The third-order valence-corrected chi connectivity index (χ3v) is 6.28. The number of benzene rings is 2. The van der Waals surface area contributed by atoms with Gasteiger partial charge in [0.05, 0.1) is 17.3 Å². The minimum Gasteiger partial charge on any atom is -0.348 e. The number of carbonyl (C=O) groups is 1. The predicted octanol–water partition coefficient (Wildman–Crippen LogP) is 6.98. The first kappa shape index (κ1) is 23.9.